The molecule has 2 nitrogen and oxygen atoms in total. The molecule has 0 aliphatic heterocycles. The van der Waals surface area contributed by atoms with Gasteiger partial charge in [0.25, 0.3) is 0 Å². The van der Waals surface area contributed by atoms with Crippen LogP contribution in [-0.2, 0) is 0 Å². The number of benzene rings is 1. The molecule has 0 amide bonds. The van der Waals surface area contributed by atoms with Crippen LogP contribution in [0.4, 0.5) is 0 Å². The summed E-state index contributed by atoms with van der Waals surface area (Å²) in [5.41, 5.74) is 1.20. The van der Waals surface area contributed by atoms with E-state index in [1.165, 1.54) is 5.56 Å². The molecule has 0 bridgehead atoms. The zero-order valence-electron chi connectivity index (χ0n) is 7.70. The first-order chi connectivity index (χ1) is 5.22. The molecule has 1 aromatic carbocycles. The van der Waals surface area contributed by atoms with Crippen molar-refractivity contribution in [3.63, 3.8) is 0 Å². The third-order valence-corrected chi connectivity index (χ3v) is 2.05. The van der Waals surface area contributed by atoms with Crippen molar-refractivity contribution in [1.29, 1.82) is 0 Å². The Morgan fingerprint density at radius 2 is 1.58 bits per heavy atom. The van der Waals surface area contributed by atoms with Crippen LogP contribution in [0.1, 0.15) is 25.3 Å². The Bertz CT molecular complexity index is 208. The van der Waals surface area contributed by atoms with Crippen molar-refractivity contribution in [3.05, 3.63) is 35.9 Å². The predicted octanol–water partition coefficient (Wildman–Crippen LogP) is 2.33. The molecular weight excluding hydrogens is 150 g/mol. The summed E-state index contributed by atoms with van der Waals surface area (Å²) in [5.74, 6) is 0.233. The predicted molar refractivity (Wildman–Crippen MR) is 51.6 cm³/mol. The van der Waals surface area contributed by atoms with Gasteiger partial charge < -0.3 is 11.3 Å². The van der Waals surface area contributed by atoms with E-state index in [1.807, 2.05) is 44.2 Å². The van der Waals surface area contributed by atoms with Gasteiger partial charge >= 0.3 is 0 Å². The van der Waals surface area contributed by atoms with Crippen LogP contribution in [0.2, 0.25) is 0 Å². The van der Waals surface area contributed by atoms with Gasteiger partial charge in [-0.3, -0.25) is 0 Å². The zero-order chi connectivity index (χ0) is 8.27. The first-order valence-electron chi connectivity index (χ1n) is 3.95. The smallest absolute Gasteiger partial charge is 0.0577 e. The average molecular weight is 167 g/mol. The fourth-order valence-corrected chi connectivity index (χ4v) is 1.04. The number of hydrogen-bond acceptors (Lipinski definition) is 2. The molecule has 0 aliphatic rings. The highest BCUT2D eigenvalue weighted by Crippen LogP contribution is 2.17. The average Bonchev–Trinajstić information content (AvgIpc) is 2.05. The standard InChI is InChI=1S/C10H14O.H3N/c1-8(9(2)11)10-6-4-3-5-7-10;/h3-9,11H,1-2H3;1H3. The minimum absolute atomic E-state index is 0. The molecule has 0 aromatic heterocycles. The summed E-state index contributed by atoms with van der Waals surface area (Å²) in [7, 11) is 0. The van der Waals surface area contributed by atoms with Crippen LogP contribution in [0.3, 0.4) is 0 Å². The third kappa shape index (κ3) is 2.64. The summed E-state index contributed by atoms with van der Waals surface area (Å²) in [4.78, 5) is 0. The highest BCUT2D eigenvalue weighted by molar-refractivity contribution is 5.19. The van der Waals surface area contributed by atoms with Crippen LogP contribution < -0.4 is 6.15 Å². The summed E-state index contributed by atoms with van der Waals surface area (Å²) < 4.78 is 0. The van der Waals surface area contributed by atoms with E-state index in [2.05, 4.69) is 0 Å². The molecule has 0 saturated heterocycles. The maximum atomic E-state index is 9.27. The molecule has 2 heteroatoms. The third-order valence-electron chi connectivity index (χ3n) is 2.05. The van der Waals surface area contributed by atoms with Gasteiger partial charge in [0, 0.05) is 5.92 Å². The van der Waals surface area contributed by atoms with E-state index in [9.17, 15) is 5.11 Å². The molecule has 68 valence electrons. The van der Waals surface area contributed by atoms with Crippen LogP contribution in [-0.4, -0.2) is 11.2 Å². The summed E-state index contributed by atoms with van der Waals surface area (Å²) in [6.45, 7) is 3.84. The van der Waals surface area contributed by atoms with Crippen LogP contribution in [0.25, 0.3) is 0 Å². The molecule has 4 N–H and O–H groups in total. The van der Waals surface area contributed by atoms with Gasteiger partial charge in [0.1, 0.15) is 0 Å². The van der Waals surface area contributed by atoms with Gasteiger partial charge in [-0.1, -0.05) is 37.3 Å². The van der Waals surface area contributed by atoms with E-state index in [1.54, 1.807) is 0 Å². The van der Waals surface area contributed by atoms with E-state index in [4.69, 9.17) is 0 Å². The fraction of sp³-hybridized carbons (Fsp3) is 0.400. The lowest BCUT2D eigenvalue weighted by Gasteiger charge is -2.14. The lowest BCUT2D eigenvalue weighted by molar-refractivity contribution is 0.169. The molecule has 1 aromatic rings. The SMILES string of the molecule is CC(O)C(C)c1ccccc1.N. The molecule has 2 unspecified atom stereocenters. The summed E-state index contributed by atoms with van der Waals surface area (Å²) in [6.07, 6.45) is -0.266. The van der Waals surface area contributed by atoms with Crippen molar-refractivity contribution in [2.45, 2.75) is 25.9 Å². The topological polar surface area (TPSA) is 55.2 Å². The van der Waals surface area contributed by atoms with Gasteiger partial charge in [-0.2, -0.15) is 0 Å². The largest absolute Gasteiger partial charge is 0.393 e. The highest BCUT2D eigenvalue weighted by atomic mass is 16.3. The number of aliphatic hydroxyl groups excluding tert-OH is 1. The lowest BCUT2D eigenvalue weighted by Crippen LogP contribution is -2.10. The minimum Gasteiger partial charge on any atom is -0.393 e. The van der Waals surface area contributed by atoms with Crippen LogP contribution in [0, 0.1) is 0 Å². The first-order valence-corrected chi connectivity index (χ1v) is 3.95. The number of aliphatic hydroxyl groups is 1. The number of rotatable bonds is 2. The monoisotopic (exact) mass is 167 g/mol. The van der Waals surface area contributed by atoms with Gasteiger partial charge in [0.05, 0.1) is 6.10 Å². The zero-order valence-corrected chi connectivity index (χ0v) is 7.70. The Kier molecular flexibility index (Phi) is 4.55. The van der Waals surface area contributed by atoms with Crippen LogP contribution in [0.5, 0.6) is 0 Å². The highest BCUT2D eigenvalue weighted by Gasteiger charge is 2.09. The second-order valence-electron chi connectivity index (χ2n) is 2.94. The minimum atomic E-state index is -0.266. The maximum Gasteiger partial charge on any atom is 0.0577 e. The van der Waals surface area contributed by atoms with E-state index < -0.39 is 0 Å². The Labute approximate surface area is 73.8 Å². The van der Waals surface area contributed by atoms with Gasteiger partial charge in [-0.25, -0.2) is 0 Å². The summed E-state index contributed by atoms with van der Waals surface area (Å²) >= 11 is 0. The van der Waals surface area contributed by atoms with Crippen molar-refractivity contribution in [3.8, 4) is 0 Å². The quantitative estimate of drug-likeness (QED) is 0.710. The molecule has 0 radical (unpaired) electrons. The van der Waals surface area contributed by atoms with Crippen LogP contribution in [0.15, 0.2) is 30.3 Å². The van der Waals surface area contributed by atoms with Crippen molar-refractivity contribution in [1.82, 2.24) is 6.15 Å². The molecule has 12 heavy (non-hydrogen) atoms. The van der Waals surface area contributed by atoms with Gasteiger partial charge in [0.2, 0.25) is 0 Å². The molecule has 1 rings (SSSR count). The van der Waals surface area contributed by atoms with E-state index >= 15 is 0 Å². The Hall–Kier alpha value is -0.860. The molecule has 0 fully saturated rings. The molecule has 0 spiro atoms. The fourth-order valence-electron chi connectivity index (χ4n) is 1.04. The number of hydrogen-bond donors (Lipinski definition) is 2. The van der Waals surface area contributed by atoms with E-state index in [0.717, 1.165) is 0 Å². The Morgan fingerprint density at radius 1 is 1.08 bits per heavy atom. The molecule has 0 heterocycles. The van der Waals surface area contributed by atoms with Gasteiger partial charge in [-0.05, 0) is 12.5 Å². The second kappa shape index (κ2) is 4.91. The summed E-state index contributed by atoms with van der Waals surface area (Å²) in [6, 6.07) is 10.1. The molecular formula is C10H17NO. The maximum absolute atomic E-state index is 9.27. The van der Waals surface area contributed by atoms with E-state index in [-0.39, 0.29) is 18.2 Å². The lowest BCUT2D eigenvalue weighted by atomic mass is 9.97. The molecule has 0 saturated carbocycles. The Balaban J connectivity index is 0.00000121. The second-order valence-corrected chi connectivity index (χ2v) is 2.94. The van der Waals surface area contributed by atoms with E-state index in [0.29, 0.717) is 0 Å². The van der Waals surface area contributed by atoms with Crippen molar-refractivity contribution in [2.75, 3.05) is 0 Å². The molecule has 2 atom stereocenters. The summed E-state index contributed by atoms with van der Waals surface area (Å²) in [5, 5.41) is 9.27. The van der Waals surface area contributed by atoms with Crippen LogP contribution >= 0.6 is 0 Å². The van der Waals surface area contributed by atoms with Gasteiger partial charge in [-0.15, -0.1) is 0 Å². The van der Waals surface area contributed by atoms with Crippen molar-refractivity contribution < 1.29 is 5.11 Å². The first kappa shape index (κ1) is 11.1. The normalized spacial score (nSPS) is 14.6. The molecule has 0 aliphatic carbocycles. The Morgan fingerprint density at radius 3 is 2.00 bits per heavy atom. The van der Waals surface area contributed by atoms with Crippen molar-refractivity contribution >= 4 is 0 Å². The van der Waals surface area contributed by atoms with Gasteiger partial charge in [0.15, 0.2) is 0 Å². The van der Waals surface area contributed by atoms with Crippen molar-refractivity contribution in [2.24, 2.45) is 0 Å².